The summed E-state index contributed by atoms with van der Waals surface area (Å²) in [5.74, 6) is -0.355. The van der Waals surface area contributed by atoms with Gasteiger partial charge in [0.05, 0.1) is 6.10 Å². The van der Waals surface area contributed by atoms with E-state index in [1.807, 2.05) is 44.2 Å². The maximum absolute atomic E-state index is 11.7. The van der Waals surface area contributed by atoms with E-state index >= 15 is 0 Å². The summed E-state index contributed by atoms with van der Waals surface area (Å²) in [6, 6.07) is 9.70. The lowest BCUT2D eigenvalue weighted by Crippen LogP contribution is -2.48. The summed E-state index contributed by atoms with van der Waals surface area (Å²) >= 11 is 0. The minimum absolute atomic E-state index is 0.133. The van der Waals surface area contributed by atoms with Crippen molar-refractivity contribution in [2.24, 2.45) is 5.73 Å². The fraction of sp³-hybridized carbons (Fsp3) is 0.462. The van der Waals surface area contributed by atoms with Gasteiger partial charge in [0.2, 0.25) is 0 Å². The van der Waals surface area contributed by atoms with Gasteiger partial charge in [0, 0.05) is 6.42 Å². The Morgan fingerprint density at radius 1 is 1.38 bits per heavy atom. The lowest BCUT2D eigenvalue weighted by molar-refractivity contribution is -0.153. The summed E-state index contributed by atoms with van der Waals surface area (Å²) in [4.78, 5) is 11.7. The molecular formula is C13H19NO2. The van der Waals surface area contributed by atoms with Crippen LogP contribution < -0.4 is 5.73 Å². The number of ether oxygens (including phenoxy) is 1. The van der Waals surface area contributed by atoms with Gasteiger partial charge in [-0.2, -0.15) is 0 Å². The molecule has 0 heterocycles. The van der Waals surface area contributed by atoms with Crippen molar-refractivity contribution in [3.8, 4) is 0 Å². The molecule has 3 heteroatoms. The minimum Gasteiger partial charge on any atom is -0.462 e. The molecule has 0 aliphatic rings. The smallest absolute Gasteiger partial charge is 0.326 e. The lowest BCUT2D eigenvalue weighted by atomic mass is 9.94. The zero-order valence-corrected chi connectivity index (χ0v) is 10.1. The summed E-state index contributed by atoms with van der Waals surface area (Å²) < 4.78 is 5.12. The van der Waals surface area contributed by atoms with Crippen molar-refractivity contribution >= 4 is 5.97 Å². The number of benzene rings is 1. The van der Waals surface area contributed by atoms with Crippen LogP contribution in [-0.2, 0) is 16.0 Å². The van der Waals surface area contributed by atoms with E-state index in [0.29, 0.717) is 6.42 Å². The van der Waals surface area contributed by atoms with Gasteiger partial charge in [0.15, 0.2) is 0 Å². The molecule has 0 aromatic heterocycles. The van der Waals surface area contributed by atoms with Gasteiger partial charge in [0.1, 0.15) is 5.54 Å². The van der Waals surface area contributed by atoms with Crippen LogP contribution in [0.1, 0.15) is 26.3 Å². The van der Waals surface area contributed by atoms with Crippen molar-refractivity contribution in [2.45, 2.75) is 38.8 Å². The van der Waals surface area contributed by atoms with Crippen LogP contribution >= 0.6 is 0 Å². The van der Waals surface area contributed by atoms with Crippen LogP contribution in [0.2, 0.25) is 0 Å². The number of hydrogen-bond acceptors (Lipinski definition) is 3. The van der Waals surface area contributed by atoms with E-state index in [1.54, 1.807) is 6.92 Å². The highest BCUT2D eigenvalue weighted by atomic mass is 16.5. The number of nitrogens with two attached hydrogens (primary N) is 1. The van der Waals surface area contributed by atoms with Gasteiger partial charge < -0.3 is 10.5 Å². The van der Waals surface area contributed by atoms with Gasteiger partial charge in [-0.1, -0.05) is 30.3 Å². The third kappa shape index (κ3) is 3.66. The van der Waals surface area contributed by atoms with E-state index in [4.69, 9.17) is 10.5 Å². The van der Waals surface area contributed by atoms with Gasteiger partial charge in [-0.3, -0.25) is 4.79 Å². The Kier molecular flexibility index (Phi) is 4.07. The van der Waals surface area contributed by atoms with E-state index < -0.39 is 5.54 Å². The van der Waals surface area contributed by atoms with E-state index in [-0.39, 0.29) is 12.1 Å². The van der Waals surface area contributed by atoms with Crippen molar-refractivity contribution < 1.29 is 9.53 Å². The van der Waals surface area contributed by atoms with Crippen LogP contribution in [0.15, 0.2) is 30.3 Å². The molecule has 0 aliphatic heterocycles. The summed E-state index contributed by atoms with van der Waals surface area (Å²) in [6.07, 6.45) is 0.352. The predicted molar refractivity (Wildman–Crippen MR) is 64.0 cm³/mol. The van der Waals surface area contributed by atoms with Gasteiger partial charge in [-0.05, 0) is 26.3 Å². The molecule has 0 spiro atoms. The Morgan fingerprint density at radius 2 is 1.94 bits per heavy atom. The Bertz CT molecular complexity index is 344. The average molecular weight is 221 g/mol. The van der Waals surface area contributed by atoms with E-state index in [0.717, 1.165) is 5.56 Å². The monoisotopic (exact) mass is 221 g/mol. The first kappa shape index (κ1) is 12.7. The largest absolute Gasteiger partial charge is 0.462 e. The molecule has 1 rings (SSSR count). The van der Waals surface area contributed by atoms with Crippen LogP contribution in [-0.4, -0.2) is 17.6 Å². The van der Waals surface area contributed by atoms with Crippen molar-refractivity contribution in [1.29, 1.82) is 0 Å². The third-order valence-corrected chi connectivity index (χ3v) is 2.22. The zero-order chi connectivity index (χ0) is 12.2. The first-order valence-electron chi connectivity index (χ1n) is 5.46. The van der Waals surface area contributed by atoms with Crippen molar-refractivity contribution in [3.05, 3.63) is 35.9 Å². The van der Waals surface area contributed by atoms with Crippen LogP contribution in [0.25, 0.3) is 0 Å². The summed E-state index contributed by atoms with van der Waals surface area (Å²) in [6.45, 7) is 5.33. The molecule has 0 bridgehead atoms. The number of esters is 1. The van der Waals surface area contributed by atoms with E-state index in [2.05, 4.69) is 0 Å². The van der Waals surface area contributed by atoms with Crippen molar-refractivity contribution in [2.75, 3.05) is 0 Å². The van der Waals surface area contributed by atoms with E-state index in [9.17, 15) is 4.79 Å². The number of hydrogen-bond donors (Lipinski definition) is 1. The maximum Gasteiger partial charge on any atom is 0.326 e. The van der Waals surface area contributed by atoms with Crippen LogP contribution in [0.4, 0.5) is 0 Å². The molecule has 0 unspecified atom stereocenters. The van der Waals surface area contributed by atoms with Crippen LogP contribution in [0.5, 0.6) is 0 Å². The van der Waals surface area contributed by atoms with Crippen molar-refractivity contribution in [1.82, 2.24) is 0 Å². The quantitative estimate of drug-likeness (QED) is 0.790. The maximum atomic E-state index is 11.7. The molecule has 0 amide bonds. The molecule has 1 aromatic carbocycles. The molecule has 0 saturated heterocycles. The van der Waals surface area contributed by atoms with Crippen LogP contribution in [0, 0.1) is 0 Å². The Labute approximate surface area is 96.6 Å². The molecule has 0 aliphatic carbocycles. The topological polar surface area (TPSA) is 52.3 Å². The highest BCUT2D eigenvalue weighted by molar-refractivity contribution is 5.80. The molecule has 16 heavy (non-hydrogen) atoms. The third-order valence-electron chi connectivity index (χ3n) is 2.22. The van der Waals surface area contributed by atoms with Gasteiger partial charge >= 0.3 is 5.97 Å². The normalized spacial score (nSPS) is 14.6. The standard InChI is InChI=1S/C13H19NO2/c1-10(2)16-12(15)13(3,14)9-11-7-5-4-6-8-11/h4-8,10H,9,14H2,1-3H3/t13-/m0/s1. The van der Waals surface area contributed by atoms with E-state index in [1.165, 1.54) is 0 Å². The molecule has 88 valence electrons. The average Bonchev–Trinajstić information content (AvgIpc) is 2.17. The Hall–Kier alpha value is -1.35. The minimum atomic E-state index is -0.967. The first-order valence-corrected chi connectivity index (χ1v) is 5.46. The number of carbonyl (C=O) groups is 1. The molecule has 1 atom stereocenters. The second-order valence-electron chi connectivity index (χ2n) is 4.53. The van der Waals surface area contributed by atoms with Crippen molar-refractivity contribution in [3.63, 3.8) is 0 Å². The first-order chi connectivity index (χ1) is 7.42. The summed E-state index contributed by atoms with van der Waals surface area (Å²) in [7, 11) is 0. The highest BCUT2D eigenvalue weighted by Crippen LogP contribution is 2.13. The molecule has 0 fully saturated rings. The lowest BCUT2D eigenvalue weighted by Gasteiger charge is -2.23. The zero-order valence-electron chi connectivity index (χ0n) is 10.1. The fourth-order valence-electron chi connectivity index (χ4n) is 1.44. The van der Waals surface area contributed by atoms with Gasteiger partial charge in [-0.25, -0.2) is 0 Å². The molecule has 1 aromatic rings. The molecular weight excluding hydrogens is 202 g/mol. The Morgan fingerprint density at radius 3 is 2.44 bits per heavy atom. The molecule has 2 N–H and O–H groups in total. The highest BCUT2D eigenvalue weighted by Gasteiger charge is 2.30. The SMILES string of the molecule is CC(C)OC(=O)[C@@](C)(N)Cc1ccccc1. The van der Waals surface area contributed by atoms with Gasteiger partial charge in [0.25, 0.3) is 0 Å². The molecule has 0 radical (unpaired) electrons. The number of carbonyl (C=O) groups excluding carboxylic acids is 1. The number of rotatable bonds is 4. The molecule has 3 nitrogen and oxygen atoms in total. The second kappa shape index (κ2) is 5.12. The fourth-order valence-corrected chi connectivity index (χ4v) is 1.44. The van der Waals surface area contributed by atoms with Gasteiger partial charge in [-0.15, -0.1) is 0 Å². The van der Waals surface area contributed by atoms with Crippen LogP contribution in [0.3, 0.4) is 0 Å². The summed E-state index contributed by atoms with van der Waals surface area (Å²) in [5.41, 5.74) is 6.03. The summed E-state index contributed by atoms with van der Waals surface area (Å²) in [5, 5.41) is 0. The molecule has 0 saturated carbocycles. The Balaban J connectivity index is 2.68. The predicted octanol–water partition coefficient (Wildman–Crippen LogP) is 1.90. The second-order valence-corrected chi connectivity index (χ2v) is 4.53.